The third-order valence-electron chi connectivity index (χ3n) is 4.98. The molecule has 32 heavy (non-hydrogen) atoms. The molecule has 2 rings (SSSR count). The average Bonchev–Trinajstić information content (AvgIpc) is 2.74. The fraction of sp³-hybridized carbons (Fsp3) is 0.571. The SMILES string of the molecule is CCN(CC)c1c(S(=O)(=O)N(CC)CC)c[n+](CC)c2ccccc12.CCOS(=O)(=O)[O-]. The number of benzene rings is 1. The van der Waals surface area contributed by atoms with Crippen molar-refractivity contribution in [2.45, 2.75) is 53.0 Å². The van der Waals surface area contributed by atoms with Gasteiger partial charge in [-0.2, -0.15) is 8.87 Å². The number of sulfonamides is 1. The monoisotopic (exact) mass is 489 g/mol. The van der Waals surface area contributed by atoms with Crippen molar-refractivity contribution in [2.75, 3.05) is 37.7 Å². The standard InChI is InChI=1S/C19H30N3O2S.C2H6O4S/c1-6-20(7-2)19-16-13-11-12-14-17(16)21(8-3)15-18(19)25(23,24)22(9-4)10-5;1-2-6-7(3,4)5/h11-15H,6-10H2,1-5H3;2H2,1H3,(H,3,4,5)/q+1;/p-1. The molecular weight excluding hydrogens is 454 g/mol. The molecule has 1 heterocycles. The minimum absolute atomic E-state index is 0.0914. The Balaban J connectivity index is 0.000000633. The Morgan fingerprint density at radius 1 is 0.906 bits per heavy atom. The summed E-state index contributed by atoms with van der Waals surface area (Å²) in [7, 11) is -7.97. The maximum absolute atomic E-state index is 13.3. The van der Waals surface area contributed by atoms with Gasteiger partial charge in [0.05, 0.1) is 17.7 Å². The van der Waals surface area contributed by atoms with E-state index in [2.05, 4.69) is 29.0 Å². The number of fused-ring (bicyclic) bond motifs is 1. The molecule has 11 heteroatoms. The van der Waals surface area contributed by atoms with E-state index in [1.54, 1.807) is 0 Å². The largest absolute Gasteiger partial charge is 0.726 e. The van der Waals surface area contributed by atoms with Crippen molar-refractivity contribution in [1.29, 1.82) is 0 Å². The van der Waals surface area contributed by atoms with E-state index < -0.39 is 20.4 Å². The van der Waals surface area contributed by atoms with Gasteiger partial charge in [-0.3, -0.25) is 4.18 Å². The molecule has 0 unspecified atom stereocenters. The molecule has 0 fully saturated rings. The lowest BCUT2D eigenvalue weighted by Crippen LogP contribution is -2.39. The first-order valence-corrected chi connectivity index (χ1v) is 13.6. The van der Waals surface area contributed by atoms with Crippen molar-refractivity contribution in [2.24, 2.45) is 0 Å². The average molecular weight is 490 g/mol. The summed E-state index contributed by atoms with van der Waals surface area (Å²) in [5.74, 6) is 0. The smallest absolute Gasteiger partial charge is 0.251 e. The van der Waals surface area contributed by atoms with Crippen LogP contribution in [0.5, 0.6) is 0 Å². The molecule has 0 N–H and O–H groups in total. The third-order valence-corrected chi connectivity index (χ3v) is 7.56. The summed E-state index contributed by atoms with van der Waals surface area (Å²) >= 11 is 0. The molecule has 0 saturated carbocycles. The van der Waals surface area contributed by atoms with Crippen molar-refractivity contribution in [3.63, 3.8) is 0 Å². The topological polar surface area (TPSA) is 111 Å². The van der Waals surface area contributed by atoms with Gasteiger partial charge in [-0.15, -0.1) is 0 Å². The van der Waals surface area contributed by atoms with Crippen molar-refractivity contribution in [3.05, 3.63) is 30.5 Å². The number of anilines is 1. The van der Waals surface area contributed by atoms with Crippen LogP contribution in [0.3, 0.4) is 0 Å². The van der Waals surface area contributed by atoms with Crippen molar-refractivity contribution in [3.8, 4) is 0 Å². The van der Waals surface area contributed by atoms with Gasteiger partial charge in [0.15, 0.2) is 11.1 Å². The molecular formula is C21H35N3O6S2. The first-order valence-electron chi connectivity index (χ1n) is 10.8. The van der Waals surface area contributed by atoms with E-state index in [0.29, 0.717) is 18.0 Å². The van der Waals surface area contributed by atoms with Gasteiger partial charge in [0.2, 0.25) is 15.9 Å². The van der Waals surface area contributed by atoms with Crippen LogP contribution in [0, 0.1) is 0 Å². The van der Waals surface area contributed by atoms with E-state index in [4.69, 9.17) is 0 Å². The van der Waals surface area contributed by atoms with Crippen LogP contribution in [-0.2, 0) is 31.2 Å². The predicted molar refractivity (Wildman–Crippen MR) is 125 cm³/mol. The number of para-hydroxylation sites is 1. The van der Waals surface area contributed by atoms with Gasteiger partial charge in [0.25, 0.3) is 10.0 Å². The molecule has 182 valence electrons. The van der Waals surface area contributed by atoms with E-state index in [1.807, 2.05) is 49.7 Å². The summed E-state index contributed by atoms with van der Waals surface area (Å²) < 4.78 is 62.3. The summed E-state index contributed by atoms with van der Waals surface area (Å²) in [6.07, 6.45) is 1.81. The van der Waals surface area contributed by atoms with Crippen LogP contribution in [0.2, 0.25) is 0 Å². The fourth-order valence-electron chi connectivity index (χ4n) is 3.49. The lowest BCUT2D eigenvalue weighted by atomic mass is 10.1. The zero-order valence-electron chi connectivity index (χ0n) is 19.7. The van der Waals surface area contributed by atoms with Crippen LogP contribution in [0.15, 0.2) is 35.4 Å². The van der Waals surface area contributed by atoms with E-state index in [1.165, 1.54) is 11.2 Å². The Hall–Kier alpha value is -1.79. The maximum Gasteiger partial charge on any atom is 0.251 e. The lowest BCUT2D eigenvalue weighted by molar-refractivity contribution is -0.669. The predicted octanol–water partition coefficient (Wildman–Crippen LogP) is 2.51. The summed E-state index contributed by atoms with van der Waals surface area (Å²) in [5, 5.41) is 0.987. The Kier molecular flexibility index (Phi) is 11.0. The molecule has 0 spiro atoms. The van der Waals surface area contributed by atoms with E-state index in [-0.39, 0.29) is 6.61 Å². The minimum Gasteiger partial charge on any atom is -0.726 e. The molecule has 2 aromatic rings. The quantitative estimate of drug-likeness (QED) is 0.286. The number of hydrogen-bond acceptors (Lipinski definition) is 7. The molecule has 9 nitrogen and oxygen atoms in total. The Morgan fingerprint density at radius 2 is 1.47 bits per heavy atom. The van der Waals surface area contributed by atoms with E-state index in [9.17, 15) is 21.4 Å². The lowest BCUT2D eigenvalue weighted by Gasteiger charge is -2.27. The second kappa shape index (κ2) is 12.4. The summed E-state index contributed by atoms with van der Waals surface area (Å²) in [6.45, 7) is 14.4. The van der Waals surface area contributed by atoms with Crippen LogP contribution < -0.4 is 9.47 Å². The Bertz CT molecular complexity index is 1080. The zero-order chi connectivity index (χ0) is 24.5. The number of aryl methyl sites for hydroxylation is 1. The normalized spacial score (nSPS) is 12.0. The number of pyridine rings is 1. The fourth-order valence-corrected chi connectivity index (χ4v) is 5.48. The molecule has 1 aromatic carbocycles. The van der Waals surface area contributed by atoms with Crippen molar-refractivity contribution in [1.82, 2.24) is 4.31 Å². The third kappa shape index (κ3) is 6.85. The number of rotatable bonds is 10. The van der Waals surface area contributed by atoms with Gasteiger partial charge in [-0.25, -0.2) is 16.8 Å². The molecule has 0 radical (unpaired) electrons. The molecule has 0 amide bonds. The second-order valence-corrected chi connectivity index (χ2v) is 9.68. The van der Waals surface area contributed by atoms with Crippen molar-refractivity contribution >= 4 is 37.0 Å². The second-order valence-electron chi connectivity index (χ2n) is 6.72. The number of hydrogen-bond donors (Lipinski definition) is 0. The molecule has 0 saturated heterocycles. The molecule has 0 aliphatic carbocycles. The van der Waals surface area contributed by atoms with Crippen LogP contribution in [0.4, 0.5) is 5.69 Å². The van der Waals surface area contributed by atoms with E-state index >= 15 is 0 Å². The number of aromatic nitrogens is 1. The highest BCUT2D eigenvalue weighted by molar-refractivity contribution is 7.89. The number of nitrogens with zero attached hydrogens (tertiary/aromatic N) is 3. The summed E-state index contributed by atoms with van der Waals surface area (Å²) in [6, 6.07) is 8.05. The molecule has 0 bridgehead atoms. The molecule has 0 atom stereocenters. The molecule has 1 aromatic heterocycles. The minimum atomic E-state index is -4.42. The summed E-state index contributed by atoms with van der Waals surface area (Å²) in [5.41, 5.74) is 1.88. The van der Waals surface area contributed by atoms with Crippen LogP contribution in [0.1, 0.15) is 41.5 Å². The highest BCUT2D eigenvalue weighted by Gasteiger charge is 2.32. The van der Waals surface area contributed by atoms with E-state index in [0.717, 1.165) is 36.2 Å². The van der Waals surface area contributed by atoms with Crippen LogP contribution in [0.25, 0.3) is 10.9 Å². The van der Waals surface area contributed by atoms with Gasteiger partial charge in [0.1, 0.15) is 6.54 Å². The van der Waals surface area contributed by atoms with Gasteiger partial charge >= 0.3 is 0 Å². The highest BCUT2D eigenvalue weighted by Crippen LogP contribution is 2.33. The van der Waals surface area contributed by atoms with Gasteiger partial charge in [0, 0.05) is 32.2 Å². The first-order chi connectivity index (χ1) is 15.0. The van der Waals surface area contributed by atoms with Gasteiger partial charge in [-0.05, 0) is 33.8 Å². The first kappa shape index (κ1) is 28.2. The maximum atomic E-state index is 13.3. The Labute approximate surface area is 192 Å². The van der Waals surface area contributed by atoms with Crippen LogP contribution >= 0.6 is 0 Å². The van der Waals surface area contributed by atoms with Crippen LogP contribution in [-0.4, -0.2) is 58.5 Å². The highest BCUT2D eigenvalue weighted by atomic mass is 32.3. The molecule has 0 aliphatic heterocycles. The zero-order valence-corrected chi connectivity index (χ0v) is 21.4. The summed E-state index contributed by atoms with van der Waals surface area (Å²) in [4.78, 5) is 2.54. The van der Waals surface area contributed by atoms with Gasteiger partial charge in [-0.1, -0.05) is 26.0 Å². The van der Waals surface area contributed by atoms with Crippen molar-refractivity contribution < 1.29 is 30.1 Å². The molecule has 0 aliphatic rings. The van der Waals surface area contributed by atoms with Gasteiger partial charge < -0.3 is 9.45 Å². The Morgan fingerprint density at radius 3 is 1.88 bits per heavy atom.